The summed E-state index contributed by atoms with van der Waals surface area (Å²) in [5, 5.41) is 0. The van der Waals surface area contributed by atoms with Crippen LogP contribution < -0.4 is 5.73 Å². The summed E-state index contributed by atoms with van der Waals surface area (Å²) in [4.78, 5) is 0. The van der Waals surface area contributed by atoms with E-state index in [9.17, 15) is 8.42 Å². The lowest BCUT2D eigenvalue weighted by Crippen LogP contribution is -2.23. The average molecular weight is 270 g/mol. The van der Waals surface area contributed by atoms with E-state index >= 15 is 0 Å². The minimum absolute atomic E-state index is 0.174. The molecule has 1 aromatic carbocycles. The van der Waals surface area contributed by atoms with Crippen LogP contribution in [0.5, 0.6) is 0 Å². The molecule has 1 aromatic rings. The van der Waals surface area contributed by atoms with Gasteiger partial charge in [0.25, 0.3) is 0 Å². The minimum atomic E-state index is -3.14. The third kappa shape index (κ3) is 2.72. The van der Waals surface area contributed by atoms with Crippen molar-refractivity contribution in [2.45, 2.75) is 19.1 Å². The Hall–Kier alpha value is -0.950. The number of ether oxygens (including phenoxy) is 1. The van der Waals surface area contributed by atoms with Crippen molar-refractivity contribution in [3.05, 3.63) is 34.9 Å². The zero-order chi connectivity index (χ0) is 13.3. The average Bonchev–Trinajstić information content (AvgIpc) is 2.71. The third-order valence-corrected chi connectivity index (χ3v) is 4.36. The molecule has 1 unspecified atom stereocenters. The van der Waals surface area contributed by atoms with Crippen molar-refractivity contribution >= 4 is 10.0 Å². The van der Waals surface area contributed by atoms with Crippen LogP contribution in [0, 0.1) is 0 Å². The van der Waals surface area contributed by atoms with Gasteiger partial charge in [0.15, 0.2) is 0 Å². The van der Waals surface area contributed by atoms with Crippen LogP contribution in [0.3, 0.4) is 0 Å². The quantitative estimate of drug-likeness (QED) is 0.870. The van der Waals surface area contributed by atoms with E-state index in [1.165, 1.54) is 10.6 Å². The summed E-state index contributed by atoms with van der Waals surface area (Å²) in [6.45, 7) is 1.34. The van der Waals surface area contributed by atoms with Crippen LogP contribution in [0.25, 0.3) is 0 Å². The lowest BCUT2D eigenvalue weighted by Gasteiger charge is -2.12. The molecule has 100 valence electrons. The van der Waals surface area contributed by atoms with Crippen LogP contribution in [0.1, 0.15) is 22.7 Å². The van der Waals surface area contributed by atoms with Gasteiger partial charge in [-0.25, -0.2) is 8.42 Å². The molecule has 18 heavy (non-hydrogen) atoms. The molecule has 0 aromatic heterocycles. The van der Waals surface area contributed by atoms with E-state index in [0.717, 1.165) is 16.7 Å². The standard InChI is InChI=1S/C12H18N2O3S/c1-17-8-12(13)9-3-4-10-6-14(18(2,15)16)7-11(10)5-9/h3-5,12H,6-8,13H2,1-2H3. The van der Waals surface area contributed by atoms with E-state index in [1.807, 2.05) is 18.2 Å². The highest BCUT2D eigenvalue weighted by Crippen LogP contribution is 2.27. The largest absolute Gasteiger partial charge is 0.383 e. The van der Waals surface area contributed by atoms with Crippen LogP contribution in [0.2, 0.25) is 0 Å². The van der Waals surface area contributed by atoms with Gasteiger partial charge >= 0.3 is 0 Å². The molecular weight excluding hydrogens is 252 g/mol. The number of fused-ring (bicyclic) bond motifs is 1. The van der Waals surface area contributed by atoms with E-state index in [1.54, 1.807) is 7.11 Å². The van der Waals surface area contributed by atoms with Gasteiger partial charge in [0.1, 0.15) is 0 Å². The lowest BCUT2D eigenvalue weighted by atomic mass is 10.0. The third-order valence-electron chi connectivity index (χ3n) is 3.17. The van der Waals surface area contributed by atoms with Crippen LogP contribution in [-0.4, -0.2) is 32.7 Å². The SMILES string of the molecule is COCC(N)c1ccc2c(c1)CN(S(C)(=O)=O)C2. The fourth-order valence-corrected chi connectivity index (χ4v) is 2.87. The summed E-state index contributed by atoms with van der Waals surface area (Å²) >= 11 is 0. The van der Waals surface area contributed by atoms with Crippen molar-refractivity contribution in [3.63, 3.8) is 0 Å². The molecule has 0 saturated heterocycles. The maximum Gasteiger partial charge on any atom is 0.211 e. The van der Waals surface area contributed by atoms with Crippen LogP contribution in [-0.2, 0) is 27.8 Å². The fraction of sp³-hybridized carbons (Fsp3) is 0.500. The molecule has 0 saturated carbocycles. The molecule has 1 aliphatic heterocycles. The Morgan fingerprint density at radius 3 is 2.67 bits per heavy atom. The first kappa shape index (κ1) is 13.5. The molecule has 2 rings (SSSR count). The van der Waals surface area contributed by atoms with E-state index in [2.05, 4.69) is 0 Å². The summed E-state index contributed by atoms with van der Waals surface area (Å²) < 4.78 is 29.5. The zero-order valence-corrected chi connectivity index (χ0v) is 11.4. The number of hydrogen-bond donors (Lipinski definition) is 1. The minimum Gasteiger partial charge on any atom is -0.383 e. The first-order valence-corrected chi connectivity index (χ1v) is 7.58. The molecule has 1 atom stereocenters. The normalized spacial score (nSPS) is 17.7. The van der Waals surface area contributed by atoms with Gasteiger partial charge < -0.3 is 10.5 Å². The molecule has 0 amide bonds. The van der Waals surface area contributed by atoms with Crippen molar-refractivity contribution in [2.75, 3.05) is 20.0 Å². The Labute approximate surface area is 108 Å². The summed E-state index contributed by atoms with van der Waals surface area (Å²) in [7, 11) is -1.53. The van der Waals surface area contributed by atoms with Crippen molar-refractivity contribution in [2.24, 2.45) is 5.73 Å². The molecule has 0 bridgehead atoms. The van der Waals surface area contributed by atoms with Crippen molar-refractivity contribution < 1.29 is 13.2 Å². The Bertz CT molecular complexity index is 542. The molecule has 0 aliphatic carbocycles. The number of rotatable bonds is 4. The van der Waals surface area contributed by atoms with Gasteiger partial charge in [0, 0.05) is 20.2 Å². The predicted molar refractivity (Wildman–Crippen MR) is 69.3 cm³/mol. The Balaban J connectivity index is 2.22. The molecule has 1 heterocycles. The molecule has 1 aliphatic rings. The zero-order valence-electron chi connectivity index (χ0n) is 10.6. The Morgan fingerprint density at radius 1 is 1.39 bits per heavy atom. The Kier molecular flexibility index (Phi) is 3.72. The van der Waals surface area contributed by atoms with E-state index in [0.29, 0.717) is 19.7 Å². The highest BCUT2D eigenvalue weighted by molar-refractivity contribution is 7.88. The van der Waals surface area contributed by atoms with Gasteiger partial charge in [-0.1, -0.05) is 18.2 Å². The van der Waals surface area contributed by atoms with E-state index < -0.39 is 10.0 Å². The highest BCUT2D eigenvalue weighted by Gasteiger charge is 2.26. The smallest absolute Gasteiger partial charge is 0.211 e. The molecule has 2 N–H and O–H groups in total. The molecule has 0 fully saturated rings. The predicted octanol–water partition coefficient (Wildman–Crippen LogP) is 0.608. The molecule has 0 radical (unpaired) electrons. The fourth-order valence-electron chi connectivity index (χ4n) is 2.12. The van der Waals surface area contributed by atoms with Crippen LogP contribution in [0.4, 0.5) is 0 Å². The second-order valence-corrected chi connectivity index (χ2v) is 6.60. The van der Waals surface area contributed by atoms with Gasteiger partial charge in [-0.05, 0) is 16.7 Å². The first-order chi connectivity index (χ1) is 8.41. The van der Waals surface area contributed by atoms with E-state index in [4.69, 9.17) is 10.5 Å². The number of benzene rings is 1. The second kappa shape index (κ2) is 4.97. The summed E-state index contributed by atoms with van der Waals surface area (Å²) in [6.07, 6.45) is 1.23. The van der Waals surface area contributed by atoms with Gasteiger partial charge in [0.2, 0.25) is 10.0 Å². The van der Waals surface area contributed by atoms with Crippen LogP contribution in [0.15, 0.2) is 18.2 Å². The number of methoxy groups -OCH3 is 1. The monoisotopic (exact) mass is 270 g/mol. The summed E-state index contributed by atoms with van der Waals surface area (Å²) in [6, 6.07) is 5.69. The molecule has 5 nitrogen and oxygen atoms in total. The molecular formula is C12H18N2O3S. The number of nitrogens with two attached hydrogens (primary N) is 1. The second-order valence-electron chi connectivity index (χ2n) is 4.62. The topological polar surface area (TPSA) is 72.6 Å². The number of hydrogen-bond acceptors (Lipinski definition) is 4. The summed E-state index contributed by atoms with van der Waals surface area (Å²) in [5.41, 5.74) is 9.02. The van der Waals surface area contributed by atoms with Gasteiger partial charge in [-0.2, -0.15) is 4.31 Å². The maximum atomic E-state index is 11.5. The number of nitrogens with zero attached hydrogens (tertiary/aromatic N) is 1. The first-order valence-electron chi connectivity index (χ1n) is 5.73. The molecule has 6 heteroatoms. The molecule has 0 spiro atoms. The highest BCUT2D eigenvalue weighted by atomic mass is 32.2. The maximum absolute atomic E-state index is 11.5. The van der Waals surface area contributed by atoms with Crippen LogP contribution >= 0.6 is 0 Å². The van der Waals surface area contributed by atoms with Gasteiger partial charge in [-0.3, -0.25) is 0 Å². The summed E-state index contributed by atoms with van der Waals surface area (Å²) in [5.74, 6) is 0. The van der Waals surface area contributed by atoms with Crippen molar-refractivity contribution in [1.82, 2.24) is 4.31 Å². The van der Waals surface area contributed by atoms with Gasteiger partial charge in [0.05, 0.1) is 18.9 Å². The Morgan fingerprint density at radius 2 is 2.06 bits per heavy atom. The van der Waals surface area contributed by atoms with Crippen molar-refractivity contribution in [3.8, 4) is 0 Å². The lowest BCUT2D eigenvalue weighted by molar-refractivity contribution is 0.181. The number of sulfonamides is 1. The van der Waals surface area contributed by atoms with E-state index in [-0.39, 0.29) is 6.04 Å². The van der Waals surface area contributed by atoms with Crippen molar-refractivity contribution in [1.29, 1.82) is 0 Å². The van der Waals surface area contributed by atoms with Gasteiger partial charge in [-0.15, -0.1) is 0 Å².